The van der Waals surface area contributed by atoms with Crippen LogP contribution in [0.4, 0.5) is 16.3 Å². The van der Waals surface area contributed by atoms with E-state index < -0.39 is 17.5 Å². The van der Waals surface area contributed by atoms with Crippen LogP contribution in [-0.4, -0.2) is 58.9 Å². The minimum atomic E-state index is -1.11. The fourth-order valence-corrected chi connectivity index (χ4v) is 5.35. The van der Waals surface area contributed by atoms with Gasteiger partial charge < -0.3 is 30.1 Å². The molecule has 0 fully saturated rings. The number of carbonyl (C=O) groups excluding carboxylic acids is 2. The molecule has 2 aromatic heterocycles. The van der Waals surface area contributed by atoms with Gasteiger partial charge >= 0.3 is 6.09 Å². The first-order valence-electron chi connectivity index (χ1n) is 14.0. The molecule has 0 saturated heterocycles. The number of thiophene rings is 1. The molecule has 0 aliphatic heterocycles. The lowest BCUT2D eigenvalue weighted by Gasteiger charge is -2.32. The lowest BCUT2D eigenvalue weighted by atomic mass is 9.97. The molecule has 238 valence electrons. The van der Waals surface area contributed by atoms with Crippen LogP contribution in [0.1, 0.15) is 42.4 Å². The summed E-state index contributed by atoms with van der Waals surface area (Å²) in [5.41, 5.74) is 1.68. The summed E-state index contributed by atoms with van der Waals surface area (Å²) in [5.74, 6) is -0.380. The van der Waals surface area contributed by atoms with Gasteiger partial charge in [0.05, 0.1) is 10.6 Å². The zero-order valence-corrected chi connectivity index (χ0v) is 27.2. The Morgan fingerprint density at radius 3 is 2.50 bits per heavy atom. The Kier molecular flexibility index (Phi) is 11.0. The van der Waals surface area contributed by atoms with Crippen molar-refractivity contribution in [2.45, 2.75) is 32.7 Å². The quantitative estimate of drug-likeness (QED) is 0.141. The van der Waals surface area contributed by atoms with E-state index in [9.17, 15) is 24.8 Å². The minimum Gasteiger partial charge on any atom is -0.467 e. The Labute approximate surface area is 275 Å². The van der Waals surface area contributed by atoms with Crippen LogP contribution in [0.2, 0.25) is 5.02 Å². The predicted octanol–water partition coefficient (Wildman–Crippen LogP) is 7.34. The Morgan fingerprint density at radius 2 is 1.85 bits per heavy atom. The lowest BCUT2D eigenvalue weighted by Crippen LogP contribution is -2.46. The first kappa shape index (κ1) is 33.9. The smallest absolute Gasteiger partial charge is 0.407 e. The Morgan fingerprint density at radius 1 is 1.07 bits per heavy atom. The molecule has 0 spiro atoms. The van der Waals surface area contributed by atoms with E-state index in [1.54, 1.807) is 86.8 Å². The van der Waals surface area contributed by atoms with Crippen molar-refractivity contribution in [3.05, 3.63) is 81.5 Å². The molecule has 3 amide bonds. The van der Waals surface area contributed by atoms with Crippen LogP contribution in [-0.2, 0) is 9.53 Å². The van der Waals surface area contributed by atoms with E-state index in [2.05, 4.69) is 21.7 Å². The minimum absolute atomic E-state index is 0.0110. The molecule has 11 nitrogen and oxygen atoms in total. The summed E-state index contributed by atoms with van der Waals surface area (Å²) in [5, 5.41) is 27.6. The van der Waals surface area contributed by atoms with Gasteiger partial charge in [-0.25, -0.2) is 9.78 Å². The molecule has 0 aliphatic rings. The van der Waals surface area contributed by atoms with Crippen LogP contribution in [0.3, 0.4) is 0 Å². The number of halogens is 1. The maximum Gasteiger partial charge on any atom is 0.407 e. The topological polar surface area (TPSA) is 154 Å². The number of aromatic nitrogens is 1. The molecule has 13 heteroatoms. The van der Waals surface area contributed by atoms with Crippen molar-refractivity contribution < 1.29 is 29.0 Å². The summed E-state index contributed by atoms with van der Waals surface area (Å²) in [4.78, 5) is 43.9. The van der Waals surface area contributed by atoms with Crippen molar-refractivity contribution in [3.8, 4) is 34.2 Å². The van der Waals surface area contributed by atoms with Crippen LogP contribution >= 0.6 is 22.9 Å². The SMILES string of the molecule is COCOc1ccc(Cl)cc1-c1cc(-c2cccc(NC(=O)CCN(C(=O)O)C(C)(C)C)c2)c(C#N)c(NC(=O)c2cccs2)n1. The van der Waals surface area contributed by atoms with Gasteiger partial charge in [0.2, 0.25) is 5.91 Å². The maximum absolute atomic E-state index is 13.1. The van der Waals surface area contributed by atoms with Crippen LogP contribution in [0.5, 0.6) is 5.75 Å². The number of carboxylic acid groups (broad SMARTS) is 1. The Bertz CT molecular complexity index is 1780. The number of anilines is 2. The summed E-state index contributed by atoms with van der Waals surface area (Å²) < 4.78 is 10.8. The number of benzene rings is 2. The van der Waals surface area contributed by atoms with Crippen molar-refractivity contribution >= 4 is 52.4 Å². The number of hydrogen-bond donors (Lipinski definition) is 3. The second-order valence-corrected chi connectivity index (χ2v) is 12.4. The van der Waals surface area contributed by atoms with Crippen LogP contribution < -0.4 is 15.4 Å². The number of nitriles is 1. The monoisotopic (exact) mass is 661 g/mol. The highest BCUT2D eigenvalue weighted by Gasteiger charge is 2.26. The van der Waals surface area contributed by atoms with Gasteiger partial charge in [-0.2, -0.15) is 5.26 Å². The molecule has 0 radical (unpaired) electrons. The van der Waals surface area contributed by atoms with E-state index in [4.69, 9.17) is 21.1 Å². The molecular formula is C33H32ClN5O6S. The molecule has 0 atom stereocenters. The normalized spacial score (nSPS) is 11.0. The second kappa shape index (κ2) is 14.9. The summed E-state index contributed by atoms with van der Waals surface area (Å²) in [6.07, 6.45) is -1.17. The molecule has 0 aliphatic carbocycles. The summed E-state index contributed by atoms with van der Waals surface area (Å²) in [6.45, 7) is 5.24. The van der Waals surface area contributed by atoms with Crippen molar-refractivity contribution in [2.75, 3.05) is 31.1 Å². The van der Waals surface area contributed by atoms with Crippen LogP contribution in [0.15, 0.2) is 66.0 Å². The number of nitrogens with zero attached hydrogens (tertiary/aromatic N) is 3. The van der Waals surface area contributed by atoms with Gasteiger partial charge in [-0.05, 0) is 74.2 Å². The third-order valence-electron chi connectivity index (χ3n) is 6.72. The molecule has 0 unspecified atom stereocenters. The molecule has 2 heterocycles. The first-order valence-corrected chi connectivity index (χ1v) is 15.3. The number of ether oxygens (including phenoxy) is 2. The number of hydrogen-bond acceptors (Lipinski definition) is 8. The fraction of sp³-hybridized carbons (Fsp3) is 0.242. The van der Waals surface area contributed by atoms with E-state index in [-0.39, 0.29) is 37.0 Å². The number of carbonyl (C=O) groups is 3. The highest BCUT2D eigenvalue weighted by molar-refractivity contribution is 7.12. The highest BCUT2D eigenvalue weighted by atomic mass is 35.5. The van der Waals surface area contributed by atoms with Crippen molar-refractivity contribution in [2.24, 2.45) is 0 Å². The Hall–Kier alpha value is -4.96. The summed E-state index contributed by atoms with van der Waals surface area (Å²) in [6, 6.07) is 19.1. The summed E-state index contributed by atoms with van der Waals surface area (Å²) in [7, 11) is 1.49. The van der Waals surface area contributed by atoms with Gasteiger partial charge in [-0.3, -0.25) is 9.59 Å². The summed E-state index contributed by atoms with van der Waals surface area (Å²) >= 11 is 7.60. The fourth-order valence-electron chi connectivity index (χ4n) is 4.56. The van der Waals surface area contributed by atoms with Gasteiger partial charge in [-0.15, -0.1) is 11.3 Å². The van der Waals surface area contributed by atoms with Crippen molar-refractivity contribution in [1.82, 2.24) is 9.88 Å². The molecule has 3 N–H and O–H groups in total. The molecule has 0 saturated carbocycles. The molecule has 2 aromatic carbocycles. The van der Waals surface area contributed by atoms with Gasteiger partial charge in [-0.1, -0.05) is 29.8 Å². The van der Waals surface area contributed by atoms with Gasteiger partial charge in [0, 0.05) is 47.5 Å². The van der Waals surface area contributed by atoms with E-state index in [1.165, 1.54) is 23.3 Å². The molecular weight excluding hydrogens is 630 g/mol. The zero-order valence-electron chi connectivity index (χ0n) is 25.6. The second-order valence-electron chi connectivity index (χ2n) is 11.0. The number of amides is 3. The van der Waals surface area contributed by atoms with Crippen molar-refractivity contribution in [1.29, 1.82) is 5.26 Å². The lowest BCUT2D eigenvalue weighted by molar-refractivity contribution is -0.116. The first-order chi connectivity index (χ1) is 21.9. The van der Waals surface area contributed by atoms with Gasteiger partial charge in [0.25, 0.3) is 5.91 Å². The number of rotatable bonds is 11. The average Bonchev–Trinajstić information content (AvgIpc) is 3.55. The highest BCUT2D eigenvalue weighted by Crippen LogP contribution is 2.38. The van der Waals surface area contributed by atoms with E-state index in [0.29, 0.717) is 43.7 Å². The predicted molar refractivity (Wildman–Crippen MR) is 177 cm³/mol. The largest absolute Gasteiger partial charge is 0.467 e. The molecule has 4 aromatic rings. The number of pyridine rings is 1. The number of methoxy groups -OCH3 is 1. The standard InChI is InChI=1S/C33H32ClN5O6S/c1-33(2,3)39(32(42)43)13-12-29(40)36-22-8-5-7-20(15-22)23-17-26(24-16-21(34)10-11-27(24)45-19-44-4)37-30(25(23)18-35)38-31(41)28-9-6-14-46-28/h5-11,14-17H,12-13,19H2,1-4H3,(H,36,40)(H,42,43)(H,37,38,41). The number of nitrogens with one attached hydrogen (secondary N) is 2. The van der Waals surface area contributed by atoms with E-state index in [1.807, 2.05) is 0 Å². The average molecular weight is 662 g/mol. The zero-order chi connectivity index (χ0) is 33.4. The van der Waals surface area contributed by atoms with Crippen molar-refractivity contribution in [3.63, 3.8) is 0 Å². The third-order valence-corrected chi connectivity index (χ3v) is 7.82. The van der Waals surface area contributed by atoms with Crippen LogP contribution in [0, 0.1) is 11.3 Å². The molecule has 0 bridgehead atoms. The van der Waals surface area contributed by atoms with E-state index >= 15 is 0 Å². The maximum atomic E-state index is 13.1. The molecule has 46 heavy (non-hydrogen) atoms. The van der Waals surface area contributed by atoms with Crippen LogP contribution in [0.25, 0.3) is 22.4 Å². The van der Waals surface area contributed by atoms with Gasteiger partial charge in [0.1, 0.15) is 17.4 Å². The third kappa shape index (κ3) is 8.39. The van der Waals surface area contributed by atoms with Gasteiger partial charge in [0.15, 0.2) is 12.6 Å². The molecule has 4 rings (SSSR count). The van der Waals surface area contributed by atoms with E-state index in [0.717, 1.165) is 0 Å². The Balaban J connectivity index is 1.76.